The highest BCUT2D eigenvalue weighted by atomic mass is 32.1. The number of carbonyl (C=O) groups is 1. The van der Waals surface area contributed by atoms with Crippen LogP contribution in [0.1, 0.15) is 30.1 Å². The third kappa shape index (κ3) is 2.67. The number of thiazole rings is 1. The Morgan fingerprint density at radius 1 is 1.40 bits per heavy atom. The molecule has 1 aromatic heterocycles. The number of aryl methyl sites for hydroxylation is 1. The van der Waals surface area contributed by atoms with Crippen LogP contribution in [0.5, 0.6) is 0 Å². The maximum atomic E-state index is 12.4. The van der Waals surface area contributed by atoms with Crippen LogP contribution in [-0.2, 0) is 0 Å². The lowest BCUT2D eigenvalue weighted by molar-refractivity contribution is 0.207. The molecule has 3 rings (SSSR count). The molecule has 0 radical (unpaired) electrons. The Morgan fingerprint density at radius 3 is 2.90 bits per heavy atom. The van der Waals surface area contributed by atoms with Crippen LogP contribution in [0, 0.1) is 6.92 Å². The second-order valence-corrected chi connectivity index (χ2v) is 5.84. The summed E-state index contributed by atoms with van der Waals surface area (Å²) >= 11 is 1.46. The summed E-state index contributed by atoms with van der Waals surface area (Å²) in [5.41, 5.74) is 2.14. The van der Waals surface area contributed by atoms with Gasteiger partial charge in [0.05, 0.1) is 11.7 Å². The van der Waals surface area contributed by atoms with Crippen molar-refractivity contribution in [2.45, 2.75) is 25.8 Å². The van der Waals surface area contributed by atoms with E-state index in [-0.39, 0.29) is 12.1 Å². The van der Waals surface area contributed by atoms with Gasteiger partial charge in [0, 0.05) is 11.9 Å². The number of rotatable bonds is 2. The van der Waals surface area contributed by atoms with Gasteiger partial charge in [0.25, 0.3) is 0 Å². The van der Waals surface area contributed by atoms with Gasteiger partial charge in [0.1, 0.15) is 0 Å². The van der Waals surface area contributed by atoms with E-state index in [4.69, 9.17) is 0 Å². The Balaban J connectivity index is 1.73. The molecule has 1 N–H and O–H groups in total. The molecule has 2 amide bonds. The van der Waals surface area contributed by atoms with Gasteiger partial charge < -0.3 is 4.90 Å². The van der Waals surface area contributed by atoms with Crippen molar-refractivity contribution in [1.82, 2.24) is 9.88 Å². The molecule has 1 aliphatic heterocycles. The van der Waals surface area contributed by atoms with Gasteiger partial charge in [-0.2, -0.15) is 0 Å². The standard InChI is InChI=1S/C15H17N3OS/c1-11-10-20-14(16-11)17-15(19)18-9-5-8-13(18)12-6-3-2-4-7-12/h2-4,6-7,10,13H,5,8-9H2,1H3,(H,16,17,19). The number of anilines is 1. The predicted octanol–water partition coefficient (Wildman–Crippen LogP) is 3.82. The lowest BCUT2D eigenvalue weighted by Crippen LogP contribution is -2.34. The third-order valence-electron chi connectivity index (χ3n) is 3.53. The van der Waals surface area contributed by atoms with Crippen molar-refractivity contribution >= 4 is 22.5 Å². The van der Waals surface area contributed by atoms with E-state index < -0.39 is 0 Å². The summed E-state index contributed by atoms with van der Waals surface area (Å²) in [6.07, 6.45) is 2.07. The molecule has 1 aromatic carbocycles. The maximum Gasteiger partial charge on any atom is 0.324 e. The maximum absolute atomic E-state index is 12.4. The number of hydrogen-bond acceptors (Lipinski definition) is 3. The number of aromatic nitrogens is 1. The number of likely N-dealkylation sites (tertiary alicyclic amines) is 1. The van der Waals surface area contributed by atoms with Gasteiger partial charge in [0.2, 0.25) is 0 Å². The summed E-state index contributed by atoms with van der Waals surface area (Å²) in [4.78, 5) is 18.6. The molecule has 2 aromatic rings. The fourth-order valence-corrected chi connectivity index (χ4v) is 3.28. The van der Waals surface area contributed by atoms with Gasteiger partial charge in [-0.25, -0.2) is 9.78 Å². The quantitative estimate of drug-likeness (QED) is 0.912. The number of hydrogen-bond donors (Lipinski definition) is 1. The topological polar surface area (TPSA) is 45.2 Å². The van der Waals surface area contributed by atoms with Crippen LogP contribution in [0.3, 0.4) is 0 Å². The monoisotopic (exact) mass is 287 g/mol. The predicted molar refractivity (Wildman–Crippen MR) is 81.0 cm³/mol. The average molecular weight is 287 g/mol. The second kappa shape index (κ2) is 5.63. The van der Waals surface area contributed by atoms with Gasteiger partial charge in [0.15, 0.2) is 5.13 Å². The third-order valence-corrected chi connectivity index (χ3v) is 4.41. The Morgan fingerprint density at radius 2 is 2.20 bits per heavy atom. The van der Waals surface area contributed by atoms with Crippen molar-refractivity contribution in [2.24, 2.45) is 0 Å². The Labute approximate surface area is 122 Å². The number of nitrogens with one attached hydrogen (secondary N) is 1. The molecule has 104 valence electrons. The van der Waals surface area contributed by atoms with E-state index in [2.05, 4.69) is 22.4 Å². The fourth-order valence-electron chi connectivity index (χ4n) is 2.61. The lowest BCUT2D eigenvalue weighted by atomic mass is 10.1. The highest BCUT2D eigenvalue weighted by Crippen LogP contribution is 2.32. The fraction of sp³-hybridized carbons (Fsp3) is 0.333. The van der Waals surface area contributed by atoms with Gasteiger partial charge >= 0.3 is 6.03 Å². The van der Waals surface area contributed by atoms with Crippen LogP contribution in [0.15, 0.2) is 35.7 Å². The van der Waals surface area contributed by atoms with Crippen molar-refractivity contribution in [3.8, 4) is 0 Å². The van der Waals surface area contributed by atoms with Gasteiger partial charge in [-0.1, -0.05) is 30.3 Å². The zero-order valence-electron chi connectivity index (χ0n) is 11.4. The highest BCUT2D eigenvalue weighted by Gasteiger charge is 2.30. The van der Waals surface area contributed by atoms with Crippen molar-refractivity contribution in [1.29, 1.82) is 0 Å². The van der Waals surface area contributed by atoms with E-state index in [1.807, 2.05) is 35.4 Å². The zero-order chi connectivity index (χ0) is 13.9. The van der Waals surface area contributed by atoms with Crippen molar-refractivity contribution in [3.63, 3.8) is 0 Å². The van der Waals surface area contributed by atoms with E-state index in [0.717, 1.165) is 25.1 Å². The Kier molecular flexibility index (Phi) is 3.69. The summed E-state index contributed by atoms with van der Waals surface area (Å²) in [6, 6.07) is 10.3. The molecule has 5 heteroatoms. The van der Waals surface area contributed by atoms with Crippen LogP contribution in [-0.4, -0.2) is 22.5 Å². The largest absolute Gasteiger partial charge is 0.324 e. The molecule has 0 saturated carbocycles. The number of urea groups is 1. The minimum Gasteiger partial charge on any atom is -0.317 e. The van der Waals surface area contributed by atoms with Crippen LogP contribution in [0.4, 0.5) is 9.93 Å². The second-order valence-electron chi connectivity index (χ2n) is 4.99. The lowest BCUT2D eigenvalue weighted by Gasteiger charge is -2.24. The Bertz CT molecular complexity index is 596. The minimum atomic E-state index is -0.0503. The molecular weight excluding hydrogens is 270 g/mol. The van der Waals surface area contributed by atoms with Gasteiger partial charge in [-0.05, 0) is 25.3 Å². The van der Waals surface area contributed by atoms with Crippen molar-refractivity contribution in [3.05, 3.63) is 47.0 Å². The van der Waals surface area contributed by atoms with Gasteiger partial charge in [-0.3, -0.25) is 5.32 Å². The summed E-state index contributed by atoms with van der Waals surface area (Å²) in [5.74, 6) is 0. The molecule has 1 fully saturated rings. The molecule has 1 atom stereocenters. The van der Waals surface area contributed by atoms with Crippen LogP contribution >= 0.6 is 11.3 Å². The van der Waals surface area contributed by atoms with E-state index in [1.54, 1.807) is 0 Å². The molecule has 0 spiro atoms. The summed E-state index contributed by atoms with van der Waals surface area (Å²) in [7, 11) is 0. The summed E-state index contributed by atoms with van der Waals surface area (Å²) in [6.45, 7) is 2.73. The van der Waals surface area contributed by atoms with Crippen LogP contribution < -0.4 is 5.32 Å². The molecule has 2 heterocycles. The van der Waals surface area contributed by atoms with Crippen molar-refractivity contribution in [2.75, 3.05) is 11.9 Å². The summed E-state index contributed by atoms with van der Waals surface area (Å²) in [5, 5.41) is 5.51. The van der Waals surface area contributed by atoms with Crippen LogP contribution in [0.2, 0.25) is 0 Å². The molecule has 0 bridgehead atoms. The SMILES string of the molecule is Cc1csc(NC(=O)N2CCCC2c2ccccc2)n1. The minimum absolute atomic E-state index is 0.0503. The van der Waals surface area contributed by atoms with E-state index in [9.17, 15) is 4.79 Å². The first-order valence-corrected chi connectivity index (χ1v) is 7.67. The first kappa shape index (κ1) is 13.1. The van der Waals surface area contributed by atoms with Gasteiger partial charge in [-0.15, -0.1) is 11.3 Å². The zero-order valence-corrected chi connectivity index (χ0v) is 12.2. The molecule has 1 aliphatic rings. The molecule has 0 aliphatic carbocycles. The number of carbonyl (C=O) groups excluding carboxylic acids is 1. The highest BCUT2D eigenvalue weighted by molar-refractivity contribution is 7.13. The Hall–Kier alpha value is -1.88. The van der Waals surface area contributed by atoms with E-state index >= 15 is 0 Å². The molecule has 4 nitrogen and oxygen atoms in total. The van der Waals surface area contributed by atoms with Crippen molar-refractivity contribution < 1.29 is 4.79 Å². The smallest absolute Gasteiger partial charge is 0.317 e. The first-order chi connectivity index (χ1) is 9.74. The molecule has 1 unspecified atom stereocenters. The van der Waals surface area contributed by atoms with E-state index in [1.165, 1.54) is 16.9 Å². The summed E-state index contributed by atoms with van der Waals surface area (Å²) < 4.78 is 0. The molecule has 20 heavy (non-hydrogen) atoms. The molecular formula is C15H17N3OS. The average Bonchev–Trinajstić information content (AvgIpc) is 3.09. The number of nitrogens with zero attached hydrogens (tertiary/aromatic N) is 2. The normalized spacial score (nSPS) is 18.2. The number of amides is 2. The van der Waals surface area contributed by atoms with E-state index in [0.29, 0.717) is 5.13 Å². The first-order valence-electron chi connectivity index (χ1n) is 6.79. The van der Waals surface area contributed by atoms with Crippen LogP contribution in [0.25, 0.3) is 0 Å². The molecule has 1 saturated heterocycles. The number of benzene rings is 1.